The summed E-state index contributed by atoms with van der Waals surface area (Å²) in [6.07, 6.45) is 3.27. The lowest BCUT2D eigenvalue weighted by molar-refractivity contribution is -0.135. The van der Waals surface area contributed by atoms with Gasteiger partial charge in [0.1, 0.15) is 6.26 Å². The Kier molecular flexibility index (Phi) is 1.94. The SMILES string of the molecule is CC(C)C1C=CONC1=O. The van der Waals surface area contributed by atoms with Crippen LogP contribution in [0.2, 0.25) is 0 Å². The van der Waals surface area contributed by atoms with Crippen LogP contribution < -0.4 is 5.48 Å². The fourth-order valence-electron chi connectivity index (χ4n) is 0.896. The molecule has 0 aromatic heterocycles. The molecule has 1 heterocycles. The first-order chi connectivity index (χ1) is 4.72. The fraction of sp³-hybridized carbons (Fsp3) is 0.571. The summed E-state index contributed by atoms with van der Waals surface area (Å²) in [5.74, 6) is 0.242. The summed E-state index contributed by atoms with van der Waals surface area (Å²) in [4.78, 5) is 15.5. The van der Waals surface area contributed by atoms with Crippen molar-refractivity contribution in [2.45, 2.75) is 13.8 Å². The number of carbonyl (C=O) groups excluding carboxylic acids is 1. The summed E-state index contributed by atoms with van der Waals surface area (Å²) < 4.78 is 0. The van der Waals surface area contributed by atoms with Gasteiger partial charge in [0.05, 0.1) is 5.92 Å². The Bertz CT molecular complexity index is 163. The van der Waals surface area contributed by atoms with E-state index in [0.717, 1.165) is 0 Å². The second-order valence-electron chi connectivity index (χ2n) is 2.68. The Labute approximate surface area is 60.0 Å². The standard InChI is InChI=1S/C7H11NO2/c1-5(2)6-3-4-10-8-7(6)9/h3-6H,1-2H3,(H,8,9). The van der Waals surface area contributed by atoms with Crippen LogP contribution in [0.25, 0.3) is 0 Å². The van der Waals surface area contributed by atoms with Crippen LogP contribution in [0.3, 0.4) is 0 Å². The summed E-state index contributed by atoms with van der Waals surface area (Å²) in [7, 11) is 0. The highest BCUT2D eigenvalue weighted by Crippen LogP contribution is 2.14. The van der Waals surface area contributed by atoms with Crippen molar-refractivity contribution in [3.63, 3.8) is 0 Å². The molecule has 0 saturated carbocycles. The number of hydrogen-bond donors (Lipinski definition) is 1. The Balaban J connectivity index is 2.64. The number of hydrogen-bond acceptors (Lipinski definition) is 2. The molecule has 1 rings (SSSR count). The van der Waals surface area contributed by atoms with E-state index in [1.54, 1.807) is 6.08 Å². The van der Waals surface area contributed by atoms with E-state index in [-0.39, 0.29) is 11.8 Å². The van der Waals surface area contributed by atoms with Gasteiger partial charge in [0.25, 0.3) is 5.91 Å². The maximum absolute atomic E-state index is 10.9. The third-order valence-corrected chi connectivity index (χ3v) is 1.53. The Morgan fingerprint density at radius 2 is 2.40 bits per heavy atom. The molecule has 0 fully saturated rings. The second-order valence-corrected chi connectivity index (χ2v) is 2.68. The lowest BCUT2D eigenvalue weighted by atomic mass is 9.95. The normalized spacial score (nSPS) is 24.3. The number of amides is 1. The van der Waals surface area contributed by atoms with Gasteiger partial charge in [-0.2, -0.15) is 5.48 Å². The van der Waals surface area contributed by atoms with E-state index < -0.39 is 0 Å². The second kappa shape index (κ2) is 2.73. The third kappa shape index (κ3) is 1.29. The molecule has 3 nitrogen and oxygen atoms in total. The van der Waals surface area contributed by atoms with Crippen LogP contribution in [0.4, 0.5) is 0 Å². The molecule has 3 heteroatoms. The van der Waals surface area contributed by atoms with Gasteiger partial charge in [0.2, 0.25) is 0 Å². The minimum atomic E-state index is -0.0579. The van der Waals surface area contributed by atoms with Gasteiger partial charge in [-0.1, -0.05) is 13.8 Å². The zero-order valence-corrected chi connectivity index (χ0v) is 6.13. The van der Waals surface area contributed by atoms with Gasteiger partial charge < -0.3 is 4.84 Å². The predicted octanol–water partition coefficient (Wildman–Crippen LogP) is 0.834. The molecule has 10 heavy (non-hydrogen) atoms. The number of rotatable bonds is 1. The van der Waals surface area contributed by atoms with Crippen LogP contribution in [0.1, 0.15) is 13.8 Å². The highest BCUT2D eigenvalue weighted by molar-refractivity contribution is 5.80. The summed E-state index contributed by atoms with van der Waals surface area (Å²) in [5, 5.41) is 0. The minimum Gasteiger partial charge on any atom is -0.388 e. The largest absolute Gasteiger partial charge is 0.388 e. The quantitative estimate of drug-likeness (QED) is 0.587. The monoisotopic (exact) mass is 141 g/mol. The van der Waals surface area contributed by atoms with Crippen LogP contribution in [0.5, 0.6) is 0 Å². The van der Waals surface area contributed by atoms with Gasteiger partial charge >= 0.3 is 0 Å². The van der Waals surface area contributed by atoms with Gasteiger partial charge in [-0.15, -0.1) is 0 Å². The van der Waals surface area contributed by atoms with E-state index in [4.69, 9.17) is 0 Å². The predicted molar refractivity (Wildman–Crippen MR) is 36.7 cm³/mol. The maximum Gasteiger partial charge on any atom is 0.259 e. The Hall–Kier alpha value is -0.990. The fourth-order valence-corrected chi connectivity index (χ4v) is 0.896. The van der Waals surface area contributed by atoms with Gasteiger partial charge in [-0.3, -0.25) is 4.79 Å². The summed E-state index contributed by atoms with van der Waals surface area (Å²) in [6, 6.07) is 0. The summed E-state index contributed by atoms with van der Waals surface area (Å²) in [5.41, 5.74) is 2.29. The first-order valence-corrected chi connectivity index (χ1v) is 3.34. The van der Waals surface area contributed by atoms with Gasteiger partial charge in [0, 0.05) is 0 Å². The van der Waals surface area contributed by atoms with Crippen molar-refractivity contribution in [1.82, 2.24) is 5.48 Å². The summed E-state index contributed by atoms with van der Waals surface area (Å²) >= 11 is 0. The smallest absolute Gasteiger partial charge is 0.259 e. The van der Waals surface area contributed by atoms with E-state index >= 15 is 0 Å². The molecule has 1 amide bonds. The van der Waals surface area contributed by atoms with Crippen LogP contribution in [-0.4, -0.2) is 5.91 Å². The maximum atomic E-state index is 10.9. The van der Waals surface area contributed by atoms with E-state index in [0.29, 0.717) is 5.92 Å². The number of carbonyl (C=O) groups is 1. The number of nitrogens with one attached hydrogen (secondary N) is 1. The van der Waals surface area contributed by atoms with Crippen molar-refractivity contribution in [2.75, 3.05) is 0 Å². The van der Waals surface area contributed by atoms with Gasteiger partial charge in [0.15, 0.2) is 0 Å². The lowest BCUT2D eigenvalue weighted by Gasteiger charge is -2.18. The van der Waals surface area contributed by atoms with E-state index in [9.17, 15) is 4.79 Å². The number of hydroxylamine groups is 1. The first-order valence-electron chi connectivity index (χ1n) is 3.34. The molecule has 1 atom stereocenters. The molecular formula is C7H11NO2. The minimum absolute atomic E-state index is 0.0336. The summed E-state index contributed by atoms with van der Waals surface area (Å²) in [6.45, 7) is 4.00. The first kappa shape index (κ1) is 7.12. The molecule has 0 aromatic carbocycles. The zero-order chi connectivity index (χ0) is 7.56. The van der Waals surface area contributed by atoms with Crippen molar-refractivity contribution in [2.24, 2.45) is 11.8 Å². The molecule has 1 N–H and O–H groups in total. The molecule has 1 aliphatic rings. The Morgan fingerprint density at radius 3 is 2.80 bits per heavy atom. The Morgan fingerprint density at radius 1 is 1.70 bits per heavy atom. The van der Waals surface area contributed by atoms with Crippen LogP contribution in [-0.2, 0) is 9.63 Å². The van der Waals surface area contributed by atoms with Crippen molar-refractivity contribution in [3.8, 4) is 0 Å². The molecule has 1 aliphatic heterocycles. The highest BCUT2D eigenvalue weighted by atomic mass is 16.6. The molecule has 0 radical (unpaired) electrons. The highest BCUT2D eigenvalue weighted by Gasteiger charge is 2.21. The third-order valence-electron chi connectivity index (χ3n) is 1.53. The van der Waals surface area contributed by atoms with E-state index in [1.807, 2.05) is 13.8 Å². The van der Waals surface area contributed by atoms with E-state index in [2.05, 4.69) is 10.3 Å². The molecule has 0 spiro atoms. The molecule has 0 bridgehead atoms. The zero-order valence-electron chi connectivity index (χ0n) is 6.13. The molecule has 0 saturated heterocycles. The lowest BCUT2D eigenvalue weighted by Crippen LogP contribution is -2.34. The van der Waals surface area contributed by atoms with Crippen molar-refractivity contribution >= 4 is 5.91 Å². The van der Waals surface area contributed by atoms with Crippen LogP contribution >= 0.6 is 0 Å². The van der Waals surface area contributed by atoms with Crippen molar-refractivity contribution in [1.29, 1.82) is 0 Å². The molecule has 0 aromatic rings. The van der Waals surface area contributed by atoms with Gasteiger partial charge in [-0.05, 0) is 12.0 Å². The van der Waals surface area contributed by atoms with E-state index in [1.165, 1.54) is 6.26 Å². The molecule has 1 unspecified atom stereocenters. The van der Waals surface area contributed by atoms with Gasteiger partial charge in [-0.25, -0.2) is 0 Å². The molecule has 56 valence electrons. The van der Waals surface area contributed by atoms with Crippen molar-refractivity contribution < 1.29 is 9.63 Å². The van der Waals surface area contributed by atoms with Crippen LogP contribution in [0.15, 0.2) is 12.3 Å². The average Bonchev–Trinajstić information content (AvgIpc) is 1.88. The van der Waals surface area contributed by atoms with Crippen LogP contribution in [0, 0.1) is 11.8 Å². The van der Waals surface area contributed by atoms with Crippen molar-refractivity contribution in [3.05, 3.63) is 12.3 Å². The topological polar surface area (TPSA) is 38.3 Å². The molecule has 0 aliphatic carbocycles. The average molecular weight is 141 g/mol. The molecular weight excluding hydrogens is 130 g/mol.